The van der Waals surface area contributed by atoms with Crippen molar-refractivity contribution < 1.29 is 4.74 Å². The van der Waals surface area contributed by atoms with Gasteiger partial charge in [-0.05, 0) is 25.5 Å². The highest BCUT2D eigenvalue weighted by molar-refractivity contribution is 7.09. The van der Waals surface area contributed by atoms with E-state index in [0.717, 1.165) is 62.5 Å². The van der Waals surface area contributed by atoms with Crippen molar-refractivity contribution in [3.8, 4) is 0 Å². The molecule has 6 nitrogen and oxygen atoms in total. The molecule has 0 spiro atoms. The molecular formula is C20H29N5OS. The number of nitrogens with zero attached hydrogens (tertiary/aromatic N) is 3. The van der Waals surface area contributed by atoms with Crippen LogP contribution in [0.1, 0.15) is 23.2 Å². The summed E-state index contributed by atoms with van der Waals surface area (Å²) >= 11 is 1.70. The number of ether oxygens (including phenoxy) is 1. The first-order valence-corrected chi connectivity index (χ1v) is 10.5. The lowest BCUT2D eigenvalue weighted by Gasteiger charge is -2.30. The lowest BCUT2D eigenvalue weighted by atomic mass is 10.1. The second kappa shape index (κ2) is 10.3. The summed E-state index contributed by atoms with van der Waals surface area (Å²) in [7, 11) is 0. The van der Waals surface area contributed by atoms with Gasteiger partial charge in [-0.1, -0.05) is 18.2 Å². The van der Waals surface area contributed by atoms with E-state index in [-0.39, 0.29) is 0 Å². The molecule has 1 aromatic carbocycles. The average Bonchev–Trinajstić information content (AvgIpc) is 3.12. The normalized spacial score (nSPS) is 15.0. The van der Waals surface area contributed by atoms with E-state index in [1.807, 2.05) is 6.92 Å². The van der Waals surface area contributed by atoms with Crippen molar-refractivity contribution in [1.29, 1.82) is 0 Å². The third-order valence-corrected chi connectivity index (χ3v) is 5.26. The number of anilines is 1. The fourth-order valence-electron chi connectivity index (χ4n) is 3.10. The molecule has 2 N–H and O–H groups in total. The van der Waals surface area contributed by atoms with Crippen molar-refractivity contribution >= 4 is 23.0 Å². The van der Waals surface area contributed by atoms with Gasteiger partial charge >= 0.3 is 0 Å². The van der Waals surface area contributed by atoms with Gasteiger partial charge in [0.05, 0.1) is 30.5 Å². The van der Waals surface area contributed by atoms with Crippen molar-refractivity contribution in [1.82, 2.24) is 15.6 Å². The zero-order valence-corrected chi connectivity index (χ0v) is 17.0. The van der Waals surface area contributed by atoms with Crippen LogP contribution < -0.4 is 15.5 Å². The lowest BCUT2D eigenvalue weighted by molar-refractivity contribution is 0.122. The van der Waals surface area contributed by atoms with Crippen LogP contribution in [-0.4, -0.2) is 50.3 Å². The van der Waals surface area contributed by atoms with E-state index in [9.17, 15) is 0 Å². The number of aliphatic imine (C=N–C) groups is 1. The molecule has 1 aromatic heterocycles. The molecule has 2 aromatic rings. The Morgan fingerprint density at radius 3 is 2.81 bits per heavy atom. The van der Waals surface area contributed by atoms with E-state index >= 15 is 0 Å². The zero-order valence-electron chi connectivity index (χ0n) is 16.2. The summed E-state index contributed by atoms with van der Waals surface area (Å²) in [5, 5.41) is 9.99. The van der Waals surface area contributed by atoms with E-state index in [4.69, 9.17) is 9.73 Å². The molecule has 1 saturated heterocycles. The van der Waals surface area contributed by atoms with Crippen LogP contribution in [0, 0.1) is 6.92 Å². The standard InChI is InChI=1S/C20H29N5OS/c1-3-21-20(22-9-8-18-15-27-16(2)24-18)23-14-17-6-4-5-7-19(17)25-10-12-26-13-11-25/h4-7,15H,3,8-14H2,1-2H3,(H2,21,22,23). The van der Waals surface area contributed by atoms with Crippen LogP contribution in [0.15, 0.2) is 34.6 Å². The summed E-state index contributed by atoms with van der Waals surface area (Å²) in [5.41, 5.74) is 3.64. The summed E-state index contributed by atoms with van der Waals surface area (Å²) in [6.07, 6.45) is 0.902. The molecular weight excluding hydrogens is 358 g/mol. The number of hydrogen-bond acceptors (Lipinski definition) is 5. The molecule has 3 rings (SSSR count). The third-order valence-electron chi connectivity index (χ3n) is 4.44. The number of benzene rings is 1. The lowest BCUT2D eigenvalue weighted by Crippen LogP contribution is -2.38. The summed E-state index contributed by atoms with van der Waals surface area (Å²) in [5.74, 6) is 0.848. The van der Waals surface area contributed by atoms with Gasteiger partial charge in [0.1, 0.15) is 0 Å². The molecule has 0 radical (unpaired) electrons. The van der Waals surface area contributed by atoms with Crippen LogP contribution in [0.3, 0.4) is 0 Å². The minimum Gasteiger partial charge on any atom is -0.378 e. The number of para-hydroxylation sites is 1. The predicted octanol–water partition coefficient (Wildman–Crippen LogP) is 2.59. The van der Waals surface area contributed by atoms with Gasteiger partial charge in [0.2, 0.25) is 0 Å². The first-order chi connectivity index (χ1) is 13.3. The van der Waals surface area contributed by atoms with Gasteiger partial charge in [0.25, 0.3) is 0 Å². The summed E-state index contributed by atoms with van der Waals surface area (Å²) < 4.78 is 5.48. The first kappa shape index (κ1) is 19.6. The Morgan fingerprint density at radius 1 is 1.26 bits per heavy atom. The van der Waals surface area contributed by atoms with Gasteiger partial charge in [-0.25, -0.2) is 9.98 Å². The summed E-state index contributed by atoms with van der Waals surface area (Å²) in [6.45, 7) is 9.89. The molecule has 0 atom stereocenters. The molecule has 0 aliphatic carbocycles. The van der Waals surface area contributed by atoms with Crippen molar-refractivity contribution in [2.45, 2.75) is 26.8 Å². The molecule has 0 bridgehead atoms. The summed E-state index contributed by atoms with van der Waals surface area (Å²) in [4.78, 5) is 11.7. The number of guanidine groups is 1. The smallest absolute Gasteiger partial charge is 0.191 e. The minimum absolute atomic E-state index is 0.651. The Bertz CT molecular complexity index is 739. The predicted molar refractivity (Wildman–Crippen MR) is 113 cm³/mol. The average molecular weight is 388 g/mol. The highest BCUT2D eigenvalue weighted by Crippen LogP contribution is 2.22. The Morgan fingerprint density at radius 2 is 2.07 bits per heavy atom. The molecule has 0 amide bonds. The van der Waals surface area contributed by atoms with Gasteiger partial charge in [0, 0.05) is 43.7 Å². The van der Waals surface area contributed by atoms with Gasteiger partial charge in [-0.2, -0.15) is 0 Å². The Kier molecular flexibility index (Phi) is 7.47. The third kappa shape index (κ3) is 5.94. The molecule has 2 heterocycles. The fourth-order valence-corrected chi connectivity index (χ4v) is 3.74. The molecule has 27 heavy (non-hydrogen) atoms. The van der Waals surface area contributed by atoms with Crippen LogP contribution in [0.5, 0.6) is 0 Å². The first-order valence-electron chi connectivity index (χ1n) is 9.60. The van der Waals surface area contributed by atoms with E-state index in [2.05, 4.69) is 57.1 Å². The topological polar surface area (TPSA) is 61.8 Å². The van der Waals surface area contributed by atoms with Crippen LogP contribution in [-0.2, 0) is 17.7 Å². The SMILES string of the molecule is CCNC(=NCc1ccccc1N1CCOCC1)NCCc1csc(C)n1. The maximum atomic E-state index is 5.48. The van der Waals surface area contributed by atoms with Crippen molar-refractivity contribution in [3.05, 3.63) is 45.9 Å². The van der Waals surface area contributed by atoms with Crippen LogP contribution in [0.25, 0.3) is 0 Å². The number of aryl methyl sites for hydroxylation is 1. The minimum atomic E-state index is 0.651. The van der Waals surface area contributed by atoms with Crippen LogP contribution >= 0.6 is 11.3 Å². The van der Waals surface area contributed by atoms with E-state index in [0.29, 0.717) is 6.54 Å². The zero-order chi connectivity index (χ0) is 18.9. The number of nitrogens with one attached hydrogen (secondary N) is 2. The Labute approximate surface area is 165 Å². The van der Waals surface area contributed by atoms with Gasteiger partial charge in [-0.3, -0.25) is 0 Å². The Hall–Kier alpha value is -2.12. The fraction of sp³-hybridized carbons (Fsp3) is 0.500. The molecule has 0 unspecified atom stereocenters. The van der Waals surface area contributed by atoms with Crippen molar-refractivity contribution in [2.75, 3.05) is 44.3 Å². The molecule has 1 aliphatic heterocycles. The second-order valence-electron chi connectivity index (χ2n) is 6.46. The monoisotopic (exact) mass is 387 g/mol. The molecule has 0 saturated carbocycles. The van der Waals surface area contributed by atoms with Gasteiger partial charge < -0.3 is 20.3 Å². The molecule has 146 valence electrons. The number of thiazole rings is 1. The largest absolute Gasteiger partial charge is 0.378 e. The number of morpholine rings is 1. The number of rotatable bonds is 7. The maximum absolute atomic E-state index is 5.48. The van der Waals surface area contributed by atoms with E-state index in [1.165, 1.54) is 11.3 Å². The summed E-state index contributed by atoms with van der Waals surface area (Å²) in [6, 6.07) is 8.52. The van der Waals surface area contributed by atoms with Crippen molar-refractivity contribution in [3.63, 3.8) is 0 Å². The molecule has 7 heteroatoms. The number of hydrogen-bond donors (Lipinski definition) is 2. The highest BCUT2D eigenvalue weighted by Gasteiger charge is 2.14. The van der Waals surface area contributed by atoms with Crippen LogP contribution in [0.2, 0.25) is 0 Å². The highest BCUT2D eigenvalue weighted by atomic mass is 32.1. The molecule has 1 aliphatic rings. The quantitative estimate of drug-likeness (QED) is 0.565. The molecule has 1 fully saturated rings. The Balaban J connectivity index is 1.60. The van der Waals surface area contributed by atoms with Gasteiger partial charge in [-0.15, -0.1) is 11.3 Å². The van der Waals surface area contributed by atoms with Gasteiger partial charge in [0.15, 0.2) is 5.96 Å². The second-order valence-corrected chi connectivity index (χ2v) is 7.52. The number of aromatic nitrogens is 1. The van der Waals surface area contributed by atoms with Crippen LogP contribution in [0.4, 0.5) is 5.69 Å². The maximum Gasteiger partial charge on any atom is 0.191 e. The van der Waals surface area contributed by atoms with Crippen molar-refractivity contribution in [2.24, 2.45) is 4.99 Å². The van der Waals surface area contributed by atoms with E-state index in [1.54, 1.807) is 11.3 Å². The van der Waals surface area contributed by atoms with E-state index < -0.39 is 0 Å².